The maximum absolute atomic E-state index is 12.8. The highest BCUT2D eigenvalue weighted by molar-refractivity contribution is 5.31. The van der Waals surface area contributed by atoms with E-state index in [1.807, 2.05) is 6.08 Å². The van der Waals surface area contributed by atoms with Gasteiger partial charge in [0.25, 0.3) is 0 Å². The van der Waals surface area contributed by atoms with Gasteiger partial charge in [0.1, 0.15) is 0 Å². The minimum Gasteiger partial charge on any atom is -0.388 e. The molecule has 1 N–H and O–H groups in total. The summed E-state index contributed by atoms with van der Waals surface area (Å²) in [4.78, 5) is 0. The Balaban J connectivity index is 2.61. The molecule has 0 bridgehead atoms. The Labute approximate surface area is 111 Å². The van der Waals surface area contributed by atoms with Crippen LogP contribution in [0.4, 0.5) is 13.2 Å². The summed E-state index contributed by atoms with van der Waals surface area (Å²) in [5.74, 6) is 0. The second-order valence-corrected chi connectivity index (χ2v) is 4.53. The van der Waals surface area contributed by atoms with Gasteiger partial charge in [0.2, 0.25) is 0 Å². The number of benzene rings is 1. The lowest BCUT2D eigenvalue weighted by atomic mass is 9.97. The Bertz CT molecular complexity index is 399. The second kappa shape index (κ2) is 7.34. The number of hydrogen-bond donors (Lipinski definition) is 1. The van der Waals surface area contributed by atoms with Crippen LogP contribution in [0.25, 0.3) is 0 Å². The van der Waals surface area contributed by atoms with E-state index < -0.39 is 17.8 Å². The number of alkyl halides is 3. The second-order valence-electron chi connectivity index (χ2n) is 4.53. The zero-order valence-electron chi connectivity index (χ0n) is 10.8. The third kappa shape index (κ3) is 5.07. The van der Waals surface area contributed by atoms with Gasteiger partial charge in [-0.2, -0.15) is 13.2 Å². The van der Waals surface area contributed by atoms with Gasteiger partial charge in [0.05, 0.1) is 11.7 Å². The van der Waals surface area contributed by atoms with Gasteiger partial charge in [-0.3, -0.25) is 0 Å². The zero-order chi connectivity index (χ0) is 14.3. The van der Waals surface area contributed by atoms with Crippen molar-refractivity contribution in [3.05, 3.63) is 48.0 Å². The Morgan fingerprint density at radius 2 is 1.84 bits per heavy atom. The summed E-state index contributed by atoms with van der Waals surface area (Å²) >= 11 is 0. The molecule has 1 atom stereocenters. The molecule has 0 spiro atoms. The summed E-state index contributed by atoms with van der Waals surface area (Å²) < 4.78 is 38.3. The highest BCUT2D eigenvalue weighted by Crippen LogP contribution is 2.35. The molecule has 1 aromatic rings. The summed E-state index contributed by atoms with van der Waals surface area (Å²) in [6, 6.07) is 5.21. The largest absolute Gasteiger partial charge is 0.416 e. The monoisotopic (exact) mass is 272 g/mol. The molecule has 1 aromatic carbocycles. The summed E-state index contributed by atoms with van der Waals surface area (Å²) in [6.07, 6.45) is 0.145. The van der Waals surface area contributed by atoms with Gasteiger partial charge >= 0.3 is 6.18 Å². The molecule has 0 heterocycles. The summed E-state index contributed by atoms with van der Waals surface area (Å²) in [7, 11) is 0. The van der Waals surface area contributed by atoms with Crippen molar-refractivity contribution in [3.63, 3.8) is 0 Å². The lowest BCUT2D eigenvalue weighted by molar-refractivity contribution is -0.139. The van der Waals surface area contributed by atoms with E-state index >= 15 is 0 Å². The zero-order valence-corrected chi connectivity index (χ0v) is 10.8. The van der Waals surface area contributed by atoms with E-state index in [1.165, 1.54) is 18.2 Å². The van der Waals surface area contributed by atoms with Crippen LogP contribution in [0.3, 0.4) is 0 Å². The van der Waals surface area contributed by atoms with Crippen LogP contribution in [0.1, 0.15) is 49.3 Å². The van der Waals surface area contributed by atoms with Crippen LogP contribution in [0, 0.1) is 0 Å². The Kier molecular flexibility index (Phi) is 6.09. The van der Waals surface area contributed by atoms with Gasteiger partial charge in [0, 0.05) is 0 Å². The van der Waals surface area contributed by atoms with Crippen molar-refractivity contribution in [2.75, 3.05) is 0 Å². The van der Waals surface area contributed by atoms with Crippen molar-refractivity contribution in [2.45, 2.75) is 44.4 Å². The van der Waals surface area contributed by atoms with Crippen molar-refractivity contribution in [2.24, 2.45) is 0 Å². The number of allylic oxidation sites excluding steroid dienone is 1. The van der Waals surface area contributed by atoms with Gasteiger partial charge in [-0.05, 0) is 30.9 Å². The maximum Gasteiger partial charge on any atom is 0.416 e. The third-order valence-corrected chi connectivity index (χ3v) is 3.01. The molecular weight excluding hydrogens is 253 g/mol. The van der Waals surface area contributed by atoms with Gasteiger partial charge < -0.3 is 5.11 Å². The van der Waals surface area contributed by atoms with Gasteiger partial charge in [-0.25, -0.2) is 0 Å². The minimum atomic E-state index is -4.42. The number of rotatable bonds is 7. The molecule has 0 saturated heterocycles. The van der Waals surface area contributed by atoms with Crippen molar-refractivity contribution >= 4 is 0 Å². The minimum absolute atomic E-state index is 0.0290. The van der Waals surface area contributed by atoms with Gasteiger partial charge in [-0.1, -0.05) is 37.1 Å². The van der Waals surface area contributed by atoms with E-state index in [-0.39, 0.29) is 5.56 Å². The molecule has 1 nitrogen and oxygen atoms in total. The average Bonchev–Trinajstić information content (AvgIpc) is 2.37. The first-order valence-electron chi connectivity index (χ1n) is 6.42. The molecule has 0 amide bonds. The highest BCUT2D eigenvalue weighted by Gasteiger charge is 2.34. The molecule has 1 rings (SSSR count). The fraction of sp³-hybridized carbons (Fsp3) is 0.467. The molecule has 1 unspecified atom stereocenters. The Hall–Kier alpha value is -1.29. The Morgan fingerprint density at radius 1 is 1.16 bits per heavy atom. The summed E-state index contributed by atoms with van der Waals surface area (Å²) in [5, 5.41) is 9.90. The SMILES string of the molecule is C=CCCCCCC(O)c1ccccc1C(F)(F)F. The van der Waals surface area contributed by atoms with E-state index in [4.69, 9.17) is 0 Å². The molecule has 0 saturated carbocycles. The maximum atomic E-state index is 12.8. The van der Waals surface area contributed by atoms with E-state index in [0.29, 0.717) is 12.8 Å². The van der Waals surface area contributed by atoms with Crippen molar-refractivity contribution in [1.82, 2.24) is 0 Å². The van der Waals surface area contributed by atoms with Crippen LogP contribution in [-0.4, -0.2) is 5.11 Å². The number of hydrogen-bond acceptors (Lipinski definition) is 1. The molecule has 0 radical (unpaired) electrons. The summed E-state index contributed by atoms with van der Waals surface area (Å²) in [6.45, 7) is 3.61. The first-order chi connectivity index (χ1) is 8.96. The Morgan fingerprint density at radius 3 is 2.47 bits per heavy atom. The quantitative estimate of drug-likeness (QED) is 0.554. The fourth-order valence-electron chi connectivity index (χ4n) is 2.00. The van der Waals surface area contributed by atoms with E-state index in [9.17, 15) is 18.3 Å². The molecule has 0 fully saturated rings. The van der Waals surface area contributed by atoms with Crippen molar-refractivity contribution in [3.8, 4) is 0 Å². The van der Waals surface area contributed by atoms with Crippen LogP contribution in [0.5, 0.6) is 0 Å². The van der Waals surface area contributed by atoms with Crippen molar-refractivity contribution < 1.29 is 18.3 Å². The van der Waals surface area contributed by atoms with Crippen LogP contribution >= 0.6 is 0 Å². The first-order valence-corrected chi connectivity index (χ1v) is 6.42. The van der Waals surface area contributed by atoms with E-state index in [2.05, 4.69) is 6.58 Å². The standard InChI is InChI=1S/C15H19F3O/c1-2-3-4-5-6-11-14(19)12-9-7-8-10-13(12)15(16,17)18/h2,7-10,14,19H,1,3-6,11H2. The number of halogens is 3. The van der Waals surface area contributed by atoms with Gasteiger partial charge in [-0.15, -0.1) is 6.58 Å². The smallest absolute Gasteiger partial charge is 0.388 e. The van der Waals surface area contributed by atoms with E-state index in [0.717, 1.165) is 25.3 Å². The van der Waals surface area contributed by atoms with Crippen LogP contribution < -0.4 is 0 Å². The highest BCUT2D eigenvalue weighted by atomic mass is 19.4. The predicted octanol–water partition coefficient (Wildman–Crippen LogP) is 4.88. The molecule has 0 aliphatic rings. The fourth-order valence-corrected chi connectivity index (χ4v) is 2.00. The van der Waals surface area contributed by atoms with E-state index in [1.54, 1.807) is 0 Å². The lowest BCUT2D eigenvalue weighted by Crippen LogP contribution is -2.12. The first kappa shape index (κ1) is 15.8. The predicted molar refractivity (Wildman–Crippen MR) is 69.7 cm³/mol. The van der Waals surface area contributed by atoms with Crippen LogP contribution in [0.2, 0.25) is 0 Å². The molecule has 4 heteroatoms. The molecule has 0 aliphatic carbocycles. The third-order valence-electron chi connectivity index (χ3n) is 3.01. The number of aliphatic hydroxyl groups is 1. The normalized spacial score (nSPS) is 13.3. The topological polar surface area (TPSA) is 20.2 Å². The summed E-state index contributed by atoms with van der Waals surface area (Å²) in [5.41, 5.74) is -0.771. The lowest BCUT2D eigenvalue weighted by Gasteiger charge is -2.17. The van der Waals surface area contributed by atoms with Crippen molar-refractivity contribution in [1.29, 1.82) is 0 Å². The average molecular weight is 272 g/mol. The molecule has 0 aromatic heterocycles. The molecule has 106 valence electrons. The number of aliphatic hydroxyl groups excluding tert-OH is 1. The molecule has 19 heavy (non-hydrogen) atoms. The van der Waals surface area contributed by atoms with Crippen LogP contribution in [0.15, 0.2) is 36.9 Å². The molecular formula is C15H19F3O. The van der Waals surface area contributed by atoms with Crippen LogP contribution in [-0.2, 0) is 6.18 Å². The van der Waals surface area contributed by atoms with Gasteiger partial charge in [0.15, 0.2) is 0 Å². The number of unbranched alkanes of at least 4 members (excludes halogenated alkanes) is 3. The molecule has 0 aliphatic heterocycles.